The summed E-state index contributed by atoms with van der Waals surface area (Å²) in [6.45, 7) is 10.3. The summed E-state index contributed by atoms with van der Waals surface area (Å²) >= 11 is 0. The Labute approximate surface area is 127 Å². The molecule has 0 rings (SSSR count). The average Bonchev–Trinajstić information content (AvgIpc) is 1.94. The Hall–Kier alpha value is -1.62. The first-order valence-electron chi connectivity index (χ1n) is 5.89. The van der Waals surface area contributed by atoms with Crippen LogP contribution in [0.15, 0.2) is 0 Å². The maximum atomic E-state index is 8.06. The lowest BCUT2D eigenvalue weighted by molar-refractivity contribution is 0.215. The molecule has 0 fully saturated rings. The molecule has 10 nitrogen and oxygen atoms in total. The molecule has 0 atom stereocenters. The van der Waals surface area contributed by atoms with Gasteiger partial charge in [-0.25, -0.2) is 0 Å². The highest BCUT2D eigenvalue weighted by Crippen LogP contribution is 1.65. The minimum Gasteiger partial charge on any atom is -0.412 e. The number of guanidine groups is 2. The summed E-state index contributed by atoms with van der Waals surface area (Å²) in [5.74, 6) is -0.667. The normalized spacial score (nSPS) is 7.43. The molecule has 15 N–H and O–H groups in total. The van der Waals surface area contributed by atoms with Crippen LogP contribution in [-0.2, 0) is 0 Å². The molecule has 0 amide bonds. The molecule has 10 heteroatoms. The molecule has 0 aromatic carbocycles. The van der Waals surface area contributed by atoms with Crippen LogP contribution in [0.4, 0.5) is 0 Å². The highest BCUT2D eigenvalue weighted by molar-refractivity contribution is 5.72. The van der Waals surface area contributed by atoms with Crippen LogP contribution in [-0.4, -0.2) is 51.0 Å². The van der Waals surface area contributed by atoms with Crippen molar-refractivity contribution in [3.63, 3.8) is 0 Å². The van der Waals surface area contributed by atoms with Crippen molar-refractivity contribution in [3.05, 3.63) is 0 Å². The van der Waals surface area contributed by atoms with E-state index in [4.69, 9.17) is 26.1 Å². The van der Waals surface area contributed by atoms with E-state index in [-0.39, 0.29) is 35.7 Å². The molecular weight excluding hydrogens is 280 g/mol. The van der Waals surface area contributed by atoms with Crippen molar-refractivity contribution in [1.82, 2.24) is 0 Å². The standard InChI is InChI=1S/3C3H8O.2CH5N3.H2O/c3*1-3(2)4;2*2-1(3)4;/h3*3-4H,1-2H3;2*(H5,2,3,4);1H2. The van der Waals surface area contributed by atoms with Gasteiger partial charge in [0.05, 0.1) is 0 Å². The van der Waals surface area contributed by atoms with E-state index < -0.39 is 0 Å². The molecule has 0 unspecified atom stereocenters. The Morgan fingerprint density at radius 2 is 0.619 bits per heavy atom. The van der Waals surface area contributed by atoms with Gasteiger partial charge in [0.2, 0.25) is 0 Å². The molecule has 0 aliphatic heterocycles. The van der Waals surface area contributed by atoms with Gasteiger partial charge in [-0.3, -0.25) is 10.8 Å². The Kier molecular flexibility index (Phi) is 54.0. The first-order chi connectivity index (χ1) is 8.66. The van der Waals surface area contributed by atoms with Gasteiger partial charge < -0.3 is 43.7 Å². The molecule has 0 spiro atoms. The van der Waals surface area contributed by atoms with Crippen molar-refractivity contribution in [1.29, 1.82) is 10.8 Å². The number of aliphatic hydroxyl groups excluding tert-OH is 3. The number of aliphatic hydroxyl groups is 3. The summed E-state index contributed by atoms with van der Waals surface area (Å²) in [4.78, 5) is 0. The number of hydrogen-bond acceptors (Lipinski definition) is 5. The van der Waals surface area contributed by atoms with Crippen molar-refractivity contribution in [3.8, 4) is 0 Å². The van der Waals surface area contributed by atoms with E-state index in [9.17, 15) is 0 Å². The zero-order valence-corrected chi connectivity index (χ0v) is 13.9. The molecule has 0 heterocycles. The molecule has 134 valence electrons. The fourth-order valence-corrected chi connectivity index (χ4v) is 0. The fraction of sp³-hybridized carbons (Fsp3) is 0.818. The SMILES string of the molecule is CC(C)O.CC(C)O.CC(C)O.N=C(N)N.N=C(N)N.O. The summed E-state index contributed by atoms with van der Waals surface area (Å²) in [5.41, 5.74) is 17.9. The van der Waals surface area contributed by atoms with Gasteiger partial charge in [0.25, 0.3) is 0 Å². The zero-order valence-electron chi connectivity index (χ0n) is 13.9. The topological polar surface area (TPSA) is 244 Å². The van der Waals surface area contributed by atoms with Gasteiger partial charge in [0, 0.05) is 18.3 Å². The van der Waals surface area contributed by atoms with E-state index in [0.717, 1.165) is 0 Å². The Bertz CT molecular complexity index is 159. The van der Waals surface area contributed by atoms with Gasteiger partial charge >= 0.3 is 0 Å². The van der Waals surface area contributed by atoms with Crippen LogP contribution >= 0.6 is 0 Å². The van der Waals surface area contributed by atoms with Crippen LogP contribution in [0, 0.1) is 10.8 Å². The summed E-state index contributed by atoms with van der Waals surface area (Å²) in [5, 5.41) is 36.3. The van der Waals surface area contributed by atoms with Crippen molar-refractivity contribution >= 4 is 11.9 Å². The number of hydrogen-bond donors (Lipinski definition) is 9. The molecular formula is C11H36N6O4. The minimum absolute atomic E-state index is 0. The van der Waals surface area contributed by atoms with Gasteiger partial charge in [-0.05, 0) is 41.5 Å². The highest BCUT2D eigenvalue weighted by Gasteiger charge is 1.70. The average molecular weight is 316 g/mol. The summed E-state index contributed by atoms with van der Waals surface area (Å²) in [6.07, 6.45) is -0.500. The zero-order chi connectivity index (χ0) is 17.9. The lowest BCUT2D eigenvalue weighted by atomic mass is 10.5. The molecule has 0 saturated carbocycles. The maximum Gasteiger partial charge on any atom is 0.183 e. The number of nitrogens with two attached hydrogens (primary N) is 4. The van der Waals surface area contributed by atoms with E-state index in [2.05, 4.69) is 22.9 Å². The highest BCUT2D eigenvalue weighted by atomic mass is 16.3. The summed E-state index contributed by atoms with van der Waals surface area (Å²) < 4.78 is 0. The van der Waals surface area contributed by atoms with E-state index in [1.807, 2.05) is 0 Å². The van der Waals surface area contributed by atoms with Crippen molar-refractivity contribution < 1.29 is 20.8 Å². The van der Waals surface area contributed by atoms with E-state index in [1.165, 1.54) is 0 Å². The summed E-state index contributed by atoms with van der Waals surface area (Å²) in [7, 11) is 0. The molecule has 0 aromatic heterocycles. The van der Waals surface area contributed by atoms with Crippen LogP contribution < -0.4 is 22.9 Å². The van der Waals surface area contributed by atoms with Gasteiger partial charge in [-0.1, -0.05) is 0 Å². The largest absolute Gasteiger partial charge is 0.412 e. The van der Waals surface area contributed by atoms with Crippen LogP contribution in [0.1, 0.15) is 41.5 Å². The monoisotopic (exact) mass is 316 g/mol. The smallest absolute Gasteiger partial charge is 0.183 e. The van der Waals surface area contributed by atoms with Gasteiger partial charge in [-0.2, -0.15) is 0 Å². The second-order valence-electron chi connectivity index (χ2n) is 4.19. The van der Waals surface area contributed by atoms with E-state index in [1.54, 1.807) is 41.5 Å². The van der Waals surface area contributed by atoms with Crippen LogP contribution in [0.2, 0.25) is 0 Å². The van der Waals surface area contributed by atoms with E-state index in [0.29, 0.717) is 0 Å². The Morgan fingerprint density at radius 3 is 0.619 bits per heavy atom. The minimum atomic E-state index is -0.333. The number of nitrogens with one attached hydrogen (secondary N) is 2. The van der Waals surface area contributed by atoms with Crippen molar-refractivity contribution in [2.75, 3.05) is 0 Å². The first-order valence-corrected chi connectivity index (χ1v) is 5.89. The third-order valence-electron chi connectivity index (χ3n) is 0. The third-order valence-corrected chi connectivity index (χ3v) is 0. The molecule has 0 bridgehead atoms. The third kappa shape index (κ3) is 1880. The number of rotatable bonds is 0. The van der Waals surface area contributed by atoms with Crippen LogP contribution in [0.25, 0.3) is 0 Å². The predicted octanol–water partition coefficient (Wildman–Crippen LogP) is -1.99. The Morgan fingerprint density at radius 1 is 0.619 bits per heavy atom. The lowest BCUT2D eigenvalue weighted by Crippen LogP contribution is -2.20. The van der Waals surface area contributed by atoms with Crippen LogP contribution in [0.3, 0.4) is 0 Å². The van der Waals surface area contributed by atoms with Gasteiger partial charge in [0.15, 0.2) is 11.9 Å². The van der Waals surface area contributed by atoms with Gasteiger partial charge in [0.1, 0.15) is 0 Å². The molecule has 0 radical (unpaired) electrons. The molecule has 0 saturated heterocycles. The summed E-state index contributed by atoms with van der Waals surface area (Å²) in [6, 6.07) is 0. The quantitative estimate of drug-likeness (QED) is 0.179. The molecule has 0 aliphatic rings. The fourth-order valence-electron chi connectivity index (χ4n) is 0. The van der Waals surface area contributed by atoms with Crippen molar-refractivity contribution in [2.45, 2.75) is 59.9 Å². The van der Waals surface area contributed by atoms with Crippen molar-refractivity contribution in [2.24, 2.45) is 22.9 Å². The predicted molar refractivity (Wildman–Crippen MR) is 87.9 cm³/mol. The van der Waals surface area contributed by atoms with Gasteiger partial charge in [-0.15, -0.1) is 0 Å². The second-order valence-corrected chi connectivity index (χ2v) is 4.19. The van der Waals surface area contributed by atoms with E-state index >= 15 is 0 Å². The molecule has 0 aromatic rings. The van der Waals surface area contributed by atoms with Crippen LogP contribution in [0.5, 0.6) is 0 Å². The second kappa shape index (κ2) is 31.0. The molecule has 21 heavy (non-hydrogen) atoms. The first kappa shape index (κ1) is 36.6. The Balaban J connectivity index is -0.0000000331. The molecule has 0 aliphatic carbocycles. The lowest BCUT2D eigenvalue weighted by Gasteiger charge is -1.80. The maximum absolute atomic E-state index is 8.06.